The van der Waals surface area contributed by atoms with Crippen LogP contribution in [-0.4, -0.2) is 48.1 Å². The van der Waals surface area contributed by atoms with Gasteiger partial charge in [0.15, 0.2) is 5.69 Å². The van der Waals surface area contributed by atoms with Gasteiger partial charge in [-0.05, 0) is 23.5 Å². The molecule has 0 bridgehead atoms. The molecule has 10 heteroatoms. The van der Waals surface area contributed by atoms with E-state index in [9.17, 15) is 19.5 Å². The van der Waals surface area contributed by atoms with Gasteiger partial charge in [-0.2, -0.15) is 0 Å². The predicted octanol–water partition coefficient (Wildman–Crippen LogP) is 3.31. The maximum atomic E-state index is 12.5. The number of carbonyl (C=O) groups excluding carboxylic acids is 3. The number of ether oxygens (including phenoxy) is 1. The third kappa shape index (κ3) is 9.57. The Hall–Kier alpha value is -4.18. The van der Waals surface area contributed by atoms with Crippen molar-refractivity contribution < 1.29 is 28.6 Å². The van der Waals surface area contributed by atoms with E-state index >= 15 is 0 Å². The average Bonchev–Trinajstić information content (AvgIpc) is 3.44. The van der Waals surface area contributed by atoms with Gasteiger partial charge in [-0.15, -0.1) is 0 Å². The molecule has 3 amide bonds. The van der Waals surface area contributed by atoms with Crippen LogP contribution >= 0.6 is 0 Å². The Labute approximate surface area is 228 Å². The molecule has 208 valence electrons. The molecule has 3 rings (SSSR count). The lowest BCUT2D eigenvalue weighted by atomic mass is 9.91. The van der Waals surface area contributed by atoms with Gasteiger partial charge in [0, 0.05) is 39.4 Å². The van der Waals surface area contributed by atoms with Crippen molar-refractivity contribution >= 4 is 17.9 Å². The Morgan fingerprint density at radius 2 is 1.67 bits per heavy atom. The van der Waals surface area contributed by atoms with Crippen LogP contribution < -0.4 is 16.0 Å². The standard InChI is InChI=1S/C29H36N4O6/c1-21(13-15-32-28(36)39-19-23-11-7-4-8-12-23)17-25(34)31-16-14-29(37,18-22-9-5-3-6-10-22)27-33-24(20-38-27)26(35)30-2/h3-12,20-21,37H,13-19H2,1-2H3,(H,30,35)(H,31,34)(H,32,36). The number of hydrogen-bond donors (Lipinski definition) is 4. The van der Waals surface area contributed by atoms with Crippen LogP contribution in [0, 0.1) is 5.92 Å². The van der Waals surface area contributed by atoms with Gasteiger partial charge in [0.05, 0.1) is 0 Å². The first-order valence-electron chi connectivity index (χ1n) is 12.9. The number of aliphatic hydroxyl groups is 1. The van der Waals surface area contributed by atoms with Gasteiger partial charge in [-0.1, -0.05) is 67.6 Å². The minimum atomic E-state index is -1.53. The molecular weight excluding hydrogens is 500 g/mol. The largest absolute Gasteiger partial charge is 0.445 e. The van der Waals surface area contributed by atoms with Gasteiger partial charge in [0.25, 0.3) is 5.91 Å². The van der Waals surface area contributed by atoms with Crippen LogP contribution in [0.1, 0.15) is 53.7 Å². The molecule has 2 atom stereocenters. The van der Waals surface area contributed by atoms with E-state index in [4.69, 9.17) is 9.15 Å². The van der Waals surface area contributed by atoms with Crippen molar-refractivity contribution in [2.45, 2.75) is 44.8 Å². The van der Waals surface area contributed by atoms with Crippen molar-refractivity contribution in [3.05, 3.63) is 89.6 Å². The third-order valence-electron chi connectivity index (χ3n) is 6.22. The van der Waals surface area contributed by atoms with E-state index in [2.05, 4.69) is 20.9 Å². The van der Waals surface area contributed by atoms with Crippen molar-refractivity contribution in [1.82, 2.24) is 20.9 Å². The lowest BCUT2D eigenvalue weighted by Gasteiger charge is -2.25. The SMILES string of the molecule is CNC(=O)c1coc(C(O)(CCNC(=O)CC(C)CCNC(=O)OCc2ccccc2)Cc2ccccc2)n1. The summed E-state index contributed by atoms with van der Waals surface area (Å²) in [6.07, 6.45) is 1.89. The molecule has 3 aromatic rings. The van der Waals surface area contributed by atoms with Crippen molar-refractivity contribution in [3.8, 4) is 0 Å². The Bertz CT molecular complexity index is 1200. The fourth-order valence-corrected chi connectivity index (χ4v) is 4.02. The number of rotatable bonds is 14. The Morgan fingerprint density at radius 1 is 1.00 bits per heavy atom. The zero-order valence-electron chi connectivity index (χ0n) is 22.3. The van der Waals surface area contributed by atoms with Crippen LogP contribution in [0.5, 0.6) is 0 Å². The first kappa shape index (κ1) is 29.4. The number of hydrogen-bond acceptors (Lipinski definition) is 7. The smallest absolute Gasteiger partial charge is 0.407 e. The van der Waals surface area contributed by atoms with Crippen molar-refractivity contribution in [3.63, 3.8) is 0 Å². The van der Waals surface area contributed by atoms with E-state index in [1.54, 1.807) is 0 Å². The normalized spacial score (nSPS) is 13.1. The Balaban J connectivity index is 1.44. The molecule has 4 N–H and O–H groups in total. The highest BCUT2D eigenvalue weighted by Crippen LogP contribution is 2.29. The zero-order chi connectivity index (χ0) is 28.1. The van der Waals surface area contributed by atoms with E-state index in [0.717, 1.165) is 11.1 Å². The Morgan fingerprint density at radius 3 is 2.33 bits per heavy atom. The first-order chi connectivity index (χ1) is 18.8. The third-order valence-corrected chi connectivity index (χ3v) is 6.22. The lowest BCUT2D eigenvalue weighted by Crippen LogP contribution is -2.36. The van der Waals surface area contributed by atoms with Gasteiger partial charge < -0.3 is 30.2 Å². The number of nitrogens with zero attached hydrogens (tertiary/aromatic N) is 1. The quantitative estimate of drug-likeness (QED) is 0.248. The predicted molar refractivity (Wildman–Crippen MR) is 145 cm³/mol. The molecule has 0 aliphatic heterocycles. The van der Waals surface area contributed by atoms with E-state index < -0.39 is 17.6 Å². The van der Waals surface area contributed by atoms with Gasteiger partial charge >= 0.3 is 6.09 Å². The molecule has 0 saturated heterocycles. The second-order valence-electron chi connectivity index (χ2n) is 9.50. The number of amides is 3. The average molecular weight is 537 g/mol. The van der Waals surface area contributed by atoms with Crippen molar-refractivity contribution in [1.29, 1.82) is 0 Å². The number of benzene rings is 2. The summed E-state index contributed by atoms with van der Waals surface area (Å²) >= 11 is 0. The first-order valence-corrected chi connectivity index (χ1v) is 12.9. The minimum Gasteiger partial charge on any atom is -0.445 e. The minimum absolute atomic E-state index is 0.0118. The number of nitrogens with one attached hydrogen (secondary N) is 3. The second-order valence-corrected chi connectivity index (χ2v) is 9.50. The molecule has 0 aliphatic carbocycles. The summed E-state index contributed by atoms with van der Waals surface area (Å²) in [5, 5.41) is 19.5. The van der Waals surface area contributed by atoms with Gasteiger partial charge in [-0.25, -0.2) is 9.78 Å². The number of aromatic nitrogens is 1. The highest BCUT2D eigenvalue weighted by atomic mass is 16.5. The summed E-state index contributed by atoms with van der Waals surface area (Å²) in [5.74, 6) is -0.565. The van der Waals surface area contributed by atoms with Gasteiger partial charge in [0.1, 0.15) is 18.5 Å². The highest BCUT2D eigenvalue weighted by molar-refractivity contribution is 5.91. The summed E-state index contributed by atoms with van der Waals surface area (Å²) in [6.45, 7) is 2.69. The van der Waals surface area contributed by atoms with Crippen LogP contribution in [0.15, 0.2) is 71.3 Å². The number of carbonyl (C=O) groups is 3. The van der Waals surface area contributed by atoms with E-state index in [1.165, 1.54) is 13.3 Å². The molecule has 2 aromatic carbocycles. The molecule has 10 nitrogen and oxygen atoms in total. The van der Waals surface area contributed by atoms with Gasteiger partial charge in [-0.3, -0.25) is 9.59 Å². The fourth-order valence-electron chi connectivity index (χ4n) is 4.02. The summed E-state index contributed by atoms with van der Waals surface area (Å²) in [4.78, 5) is 40.5. The van der Waals surface area contributed by atoms with Crippen LogP contribution in [-0.2, 0) is 28.2 Å². The van der Waals surface area contributed by atoms with Crippen LogP contribution in [0.4, 0.5) is 4.79 Å². The lowest BCUT2D eigenvalue weighted by molar-refractivity contribution is -0.122. The topological polar surface area (TPSA) is 143 Å². The molecule has 0 spiro atoms. The fraction of sp³-hybridized carbons (Fsp3) is 0.379. The maximum absolute atomic E-state index is 12.5. The van der Waals surface area contributed by atoms with Gasteiger partial charge in [0.2, 0.25) is 11.8 Å². The zero-order valence-corrected chi connectivity index (χ0v) is 22.3. The maximum Gasteiger partial charge on any atom is 0.407 e. The number of oxazole rings is 1. The van der Waals surface area contributed by atoms with E-state index in [-0.39, 0.29) is 55.8 Å². The summed E-state index contributed by atoms with van der Waals surface area (Å²) < 4.78 is 10.7. The Kier molecular flexibility index (Phi) is 11.1. The number of alkyl carbamates (subject to hydrolysis) is 1. The molecule has 2 unspecified atom stereocenters. The van der Waals surface area contributed by atoms with Crippen molar-refractivity contribution in [2.24, 2.45) is 5.92 Å². The summed E-state index contributed by atoms with van der Waals surface area (Å²) in [7, 11) is 1.48. The van der Waals surface area contributed by atoms with Crippen molar-refractivity contribution in [2.75, 3.05) is 20.1 Å². The summed E-state index contributed by atoms with van der Waals surface area (Å²) in [5.41, 5.74) is 0.295. The molecule has 0 aliphatic rings. The molecule has 0 radical (unpaired) electrons. The molecular formula is C29H36N4O6. The molecule has 1 heterocycles. The molecule has 0 saturated carbocycles. The van der Waals surface area contributed by atoms with E-state index in [1.807, 2.05) is 67.6 Å². The second kappa shape index (κ2) is 14.7. The molecule has 1 aromatic heterocycles. The highest BCUT2D eigenvalue weighted by Gasteiger charge is 2.35. The van der Waals surface area contributed by atoms with Crippen LogP contribution in [0.3, 0.4) is 0 Å². The monoisotopic (exact) mass is 536 g/mol. The molecule has 0 fully saturated rings. The summed E-state index contributed by atoms with van der Waals surface area (Å²) in [6, 6.07) is 18.8. The molecule has 39 heavy (non-hydrogen) atoms. The van der Waals surface area contributed by atoms with E-state index in [0.29, 0.717) is 13.0 Å². The van der Waals surface area contributed by atoms with Crippen LogP contribution in [0.25, 0.3) is 0 Å². The van der Waals surface area contributed by atoms with Crippen LogP contribution in [0.2, 0.25) is 0 Å².